The number of nitrogens with zero attached hydrogens (tertiary/aromatic N) is 2. The zero-order valence-electron chi connectivity index (χ0n) is 19.0. The lowest BCUT2D eigenvalue weighted by molar-refractivity contribution is -0.274. The van der Waals surface area contributed by atoms with Gasteiger partial charge in [-0.25, -0.2) is 18.4 Å². The van der Waals surface area contributed by atoms with Gasteiger partial charge >= 0.3 is 12.5 Å². The molecule has 0 saturated carbocycles. The van der Waals surface area contributed by atoms with Gasteiger partial charge in [0.25, 0.3) is 5.91 Å². The molecule has 2 N–H and O–H groups in total. The number of hydrogen-bond acceptors (Lipinski definition) is 6. The van der Waals surface area contributed by atoms with Gasteiger partial charge in [0.1, 0.15) is 12.4 Å². The van der Waals surface area contributed by atoms with E-state index in [0.29, 0.717) is 50.1 Å². The van der Waals surface area contributed by atoms with E-state index in [1.165, 1.54) is 36.4 Å². The second-order valence-corrected chi connectivity index (χ2v) is 10.5. The van der Waals surface area contributed by atoms with E-state index in [1.54, 1.807) is 9.80 Å². The highest BCUT2D eigenvalue weighted by atomic mass is 32.2. The zero-order valence-corrected chi connectivity index (χ0v) is 19.8. The molecule has 4 rings (SSSR count). The molecule has 36 heavy (non-hydrogen) atoms. The quantitative estimate of drug-likeness (QED) is 0.638. The first kappa shape index (κ1) is 25.8. The molecule has 2 heterocycles. The average molecular weight is 528 g/mol. The molecule has 2 amide bonds. The Hall–Kier alpha value is -3.32. The minimum atomic E-state index is -4.78. The van der Waals surface area contributed by atoms with Crippen LogP contribution in [-0.2, 0) is 21.4 Å². The second-order valence-electron chi connectivity index (χ2n) is 8.96. The van der Waals surface area contributed by atoms with E-state index in [2.05, 4.69) is 4.74 Å². The van der Waals surface area contributed by atoms with Gasteiger partial charge in [0.15, 0.2) is 0 Å². The van der Waals surface area contributed by atoms with Crippen LogP contribution in [0.3, 0.4) is 0 Å². The Morgan fingerprint density at radius 2 is 1.53 bits per heavy atom. The summed E-state index contributed by atoms with van der Waals surface area (Å²) in [6, 6.07) is 10.5. The lowest BCUT2D eigenvalue weighted by Crippen LogP contribution is -2.36. The molecular formula is C23H24F3N3O6S. The Kier molecular flexibility index (Phi) is 6.88. The van der Waals surface area contributed by atoms with Crippen molar-refractivity contribution < 1.29 is 40.7 Å². The first-order valence-corrected chi connectivity index (χ1v) is 12.6. The van der Waals surface area contributed by atoms with Gasteiger partial charge in [0, 0.05) is 37.2 Å². The number of likely N-dealkylation sites (tertiary alicyclic amines) is 2. The standard InChI is InChI=1S/C23H24F3N3O6S/c24-23(25,26)35-18-5-1-16(2-6-18)13-34-21(31)29-12-10-22(15-29)9-11-28(14-22)20(30)17-3-7-19(8-4-17)36(27,32)33/h1-8H,9-15H2,(H2,27,32,33). The minimum absolute atomic E-state index is 0.0764. The fourth-order valence-electron chi connectivity index (χ4n) is 4.53. The Morgan fingerprint density at radius 1 is 0.944 bits per heavy atom. The van der Waals surface area contributed by atoms with Crippen LogP contribution in [-0.4, -0.2) is 62.8 Å². The number of carbonyl (C=O) groups is 2. The average Bonchev–Trinajstić information content (AvgIpc) is 3.43. The molecule has 0 bridgehead atoms. The summed E-state index contributed by atoms with van der Waals surface area (Å²) in [4.78, 5) is 28.6. The summed E-state index contributed by atoms with van der Waals surface area (Å²) in [5, 5.41) is 5.09. The fourth-order valence-corrected chi connectivity index (χ4v) is 5.04. The summed E-state index contributed by atoms with van der Waals surface area (Å²) >= 11 is 0. The van der Waals surface area contributed by atoms with E-state index >= 15 is 0 Å². The van der Waals surface area contributed by atoms with Crippen LogP contribution in [0.15, 0.2) is 53.4 Å². The normalized spacial score (nSPS) is 20.1. The summed E-state index contributed by atoms with van der Waals surface area (Å²) in [7, 11) is -3.85. The maximum atomic E-state index is 12.9. The SMILES string of the molecule is NS(=O)(=O)c1ccc(C(=O)N2CCC3(CCN(C(=O)OCc4ccc(OC(F)(F)F)cc4)C3)C2)cc1. The molecule has 0 aromatic heterocycles. The number of ether oxygens (including phenoxy) is 2. The van der Waals surface area contributed by atoms with Crippen molar-refractivity contribution in [1.29, 1.82) is 0 Å². The van der Waals surface area contributed by atoms with Crippen LogP contribution >= 0.6 is 0 Å². The van der Waals surface area contributed by atoms with Crippen LogP contribution in [0.1, 0.15) is 28.8 Å². The van der Waals surface area contributed by atoms with Crippen LogP contribution in [0, 0.1) is 5.41 Å². The predicted octanol–water partition coefficient (Wildman–Crippen LogP) is 3.11. The van der Waals surface area contributed by atoms with E-state index in [0.717, 1.165) is 12.1 Å². The molecular weight excluding hydrogens is 503 g/mol. The Balaban J connectivity index is 1.29. The summed E-state index contributed by atoms with van der Waals surface area (Å²) in [6.07, 6.45) is -3.91. The van der Waals surface area contributed by atoms with Gasteiger partial charge in [0.05, 0.1) is 4.90 Å². The van der Waals surface area contributed by atoms with Crippen LogP contribution in [0.2, 0.25) is 0 Å². The van der Waals surface area contributed by atoms with Crippen molar-refractivity contribution in [3.8, 4) is 5.75 Å². The van der Waals surface area contributed by atoms with Crippen molar-refractivity contribution >= 4 is 22.0 Å². The maximum Gasteiger partial charge on any atom is 0.573 e. The molecule has 2 saturated heterocycles. The summed E-state index contributed by atoms with van der Waals surface area (Å²) in [6.45, 7) is 1.73. The number of rotatable bonds is 5. The Bertz CT molecular complexity index is 1240. The number of hydrogen-bond donors (Lipinski definition) is 1. The van der Waals surface area contributed by atoms with Gasteiger partial charge in [-0.1, -0.05) is 12.1 Å². The molecule has 0 aliphatic carbocycles. The van der Waals surface area contributed by atoms with Crippen LogP contribution in [0.4, 0.5) is 18.0 Å². The third-order valence-corrected chi connectivity index (χ3v) is 7.30. The summed E-state index contributed by atoms with van der Waals surface area (Å²) < 4.78 is 68.7. The molecule has 2 aromatic carbocycles. The number of nitrogens with two attached hydrogens (primary N) is 1. The van der Waals surface area contributed by atoms with Gasteiger partial charge in [-0.3, -0.25) is 4.79 Å². The van der Waals surface area contributed by atoms with E-state index in [-0.39, 0.29) is 28.6 Å². The highest BCUT2D eigenvalue weighted by Crippen LogP contribution is 2.40. The topological polar surface area (TPSA) is 119 Å². The number of sulfonamides is 1. The largest absolute Gasteiger partial charge is 0.573 e. The van der Waals surface area contributed by atoms with Gasteiger partial charge < -0.3 is 19.3 Å². The number of amides is 2. The van der Waals surface area contributed by atoms with Gasteiger partial charge in [-0.05, 0) is 54.8 Å². The van der Waals surface area contributed by atoms with Gasteiger partial charge in [0.2, 0.25) is 10.0 Å². The van der Waals surface area contributed by atoms with E-state index in [1.807, 2.05) is 0 Å². The van der Waals surface area contributed by atoms with Crippen LogP contribution < -0.4 is 9.88 Å². The van der Waals surface area contributed by atoms with Crippen molar-refractivity contribution in [3.05, 3.63) is 59.7 Å². The fraction of sp³-hybridized carbons (Fsp3) is 0.391. The van der Waals surface area contributed by atoms with Gasteiger partial charge in [-0.2, -0.15) is 0 Å². The Morgan fingerprint density at radius 3 is 2.11 bits per heavy atom. The predicted molar refractivity (Wildman–Crippen MR) is 120 cm³/mol. The monoisotopic (exact) mass is 527 g/mol. The smallest absolute Gasteiger partial charge is 0.445 e. The van der Waals surface area contributed by atoms with Gasteiger partial charge in [-0.15, -0.1) is 13.2 Å². The van der Waals surface area contributed by atoms with Crippen molar-refractivity contribution in [2.45, 2.75) is 30.7 Å². The highest BCUT2D eigenvalue weighted by molar-refractivity contribution is 7.89. The lowest BCUT2D eigenvalue weighted by atomic mass is 9.86. The first-order valence-electron chi connectivity index (χ1n) is 11.0. The second kappa shape index (κ2) is 9.62. The molecule has 2 fully saturated rings. The number of benzene rings is 2. The highest BCUT2D eigenvalue weighted by Gasteiger charge is 2.46. The third kappa shape index (κ3) is 6.08. The number of primary sulfonamides is 1. The lowest BCUT2D eigenvalue weighted by Gasteiger charge is -2.24. The third-order valence-electron chi connectivity index (χ3n) is 6.37. The molecule has 13 heteroatoms. The van der Waals surface area contributed by atoms with Crippen molar-refractivity contribution in [2.75, 3.05) is 26.2 Å². The first-order chi connectivity index (χ1) is 16.8. The molecule has 0 radical (unpaired) electrons. The minimum Gasteiger partial charge on any atom is -0.445 e. The molecule has 2 aliphatic heterocycles. The Labute approximate surface area is 205 Å². The maximum absolute atomic E-state index is 12.9. The number of carbonyl (C=O) groups excluding carboxylic acids is 2. The van der Waals surface area contributed by atoms with Crippen molar-refractivity contribution in [2.24, 2.45) is 10.6 Å². The molecule has 194 valence electrons. The van der Waals surface area contributed by atoms with Crippen molar-refractivity contribution in [1.82, 2.24) is 9.80 Å². The molecule has 1 unspecified atom stereocenters. The van der Waals surface area contributed by atoms with Crippen molar-refractivity contribution in [3.63, 3.8) is 0 Å². The molecule has 9 nitrogen and oxygen atoms in total. The van der Waals surface area contributed by atoms with E-state index in [4.69, 9.17) is 9.88 Å². The number of halogens is 3. The molecule has 1 atom stereocenters. The summed E-state index contributed by atoms with van der Waals surface area (Å²) in [5.41, 5.74) is 0.601. The van der Waals surface area contributed by atoms with Crippen LogP contribution in [0.5, 0.6) is 5.75 Å². The number of alkyl halides is 3. The zero-order chi connectivity index (χ0) is 26.1. The molecule has 2 aliphatic rings. The summed E-state index contributed by atoms with van der Waals surface area (Å²) in [5.74, 6) is -0.591. The van der Waals surface area contributed by atoms with Crippen LogP contribution in [0.25, 0.3) is 0 Å². The van der Waals surface area contributed by atoms with E-state index in [9.17, 15) is 31.2 Å². The van der Waals surface area contributed by atoms with E-state index < -0.39 is 22.5 Å². The molecule has 1 spiro atoms. The molecule has 2 aromatic rings.